The lowest BCUT2D eigenvalue weighted by atomic mass is 10.1. The molecule has 1 atom stereocenters. The summed E-state index contributed by atoms with van der Waals surface area (Å²) >= 11 is 6.02. The lowest BCUT2D eigenvalue weighted by molar-refractivity contribution is 0.267. The van der Waals surface area contributed by atoms with Gasteiger partial charge in [0.15, 0.2) is 0 Å². The molecule has 0 aromatic heterocycles. The number of hydrogen-bond acceptors (Lipinski definition) is 4. The molecule has 17 heavy (non-hydrogen) atoms. The highest BCUT2D eigenvalue weighted by molar-refractivity contribution is 6.23. The van der Waals surface area contributed by atoms with Gasteiger partial charge in [0.25, 0.3) is 0 Å². The number of nitroso groups, excluding NO2 is 1. The first-order chi connectivity index (χ1) is 7.97. The second-order valence-corrected chi connectivity index (χ2v) is 5.15. The molecule has 0 spiro atoms. The molecular formula is C12H16ClNO3. The molecule has 0 heterocycles. The summed E-state index contributed by atoms with van der Waals surface area (Å²) in [5, 5.41) is 2.98. The molecule has 1 aromatic rings. The van der Waals surface area contributed by atoms with Crippen molar-refractivity contribution in [2.75, 3.05) is 13.7 Å². The summed E-state index contributed by atoms with van der Waals surface area (Å²) in [6, 6.07) is 6.50. The van der Waals surface area contributed by atoms with E-state index in [4.69, 9.17) is 21.1 Å². The van der Waals surface area contributed by atoms with Gasteiger partial charge in [-0.15, -0.1) is 11.6 Å². The quantitative estimate of drug-likeness (QED) is 0.581. The third-order valence-electron chi connectivity index (χ3n) is 2.39. The Hall–Kier alpha value is -1.29. The molecule has 0 saturated heterocycles. The molecule has 0 aliphatic carbocycles. The van der Waals surface area contributed by atoms with E-state index in [9.17, 15) is 4.91 Å². The van der Waals surface area contributed by atoms with E-state index in [-0.39, 0.29) is 6.61 Å². The number of hydrogen-bond donors (Lipinski definition) is 0. The van der Waals surface area contributed by atoms with Crippen molar-refractivity contribution >= 4 is 11.6 Å². The Morgan fingerprint density at radius 1 is 1.29 bits per heavy atom. The monoisotopic (exact) mass is 257 g/mol. The fourth-order valence-corrected chi connectivity index (χ4v) is 1.30. The summed E-state index contributed by atoms with van der Waals surface area (Å²) in [5.74, 6) is 1.40. The summed E-state index contributed by atoms with van der Waals surface area (Å²) in [4.78, 5) is 9.92. The normalized spacial score (nSPS) is 12.9. The second kappa shape index (κ2) is 5.87. The highest BCUT2D eigenvalue weighted by Crippen LogP contribution is 2.23. The van der Waals surface area contributed by atoms with Crippen molar-refractivity contribution in [2.24, 2.45) is 5.18 Å². The van der Waals surface area contributed by atoms with Gasteiger partial charge in [-0.2, -0.15) is 4.91 Å². The number of nitrogens with zero attached hydrogens (tertiary/aromatic N) is 1. The Bertz CT molecular complexity index is 359. The van der Waals surface area contributed by atoms with Crippen LogP contribution in [0.4, 0.5) is 0 Å². The van der Waals surface area contributed by atoms with E-state index in [0.29, 0.717) is 5.75 Å². The van der Waals surface area contributed by atoms with Crippen molar-refractivity contribution in [3.63, 3.8) is 0 Å². The number of benzene rings is 1. The van der Waals surface area contributed by atoms with Gasteiger partial charge in [-0.25, -0.2) is 0 Å². The minimum atomic E-state index is -0.714. The zero-order chi connectivity index (χ0) is 12.9. The summed E-state index contributed by atoms with van der Waals surface area (Å²) < 4.78 is 10.5. The van der Waals surface area contributed by atoms with Crippen molar-refractivity contribution in [1.82, 2.24) is 0 Å². The second-order valence-electron chi connectivity index (χ2n) is 4.17. The lowest BCUT2D eigenvalue weighted by Crippen LogP contribution is -2.33. The smallest absolute Gasteiger partial charge is 0.144 e. The molecule has 94 valence electrons. The standard InChI is InChI=1S/C12H16ClNO3/c1-12(2,13)11(14-15)8-17-10-6-4-9(16-3)5-7-10/h4-7,11H,8H2,1-3H3. The van der Waals surface area contributed by atoms with E-state index in [1.807, 2.05) is 0 Å². The van der Waals surface area contributed by atoms with E-state index < -0.39 is 10.9 Å². The van der Waals surface area contributed by atoms with Gasteiger partial charge < -0.3 is 9.47 Å². The first-order valence-electron chi connectivity index (χ1n) is 5.25. The molecule has 0 N–H and O–H groups in total. The summed E-state index contributed by atoms with van der Waals surface area (Å²) in [5.41, 5.74) is 0. The van der Waals surface area contributed by atoms with Crippen LogP contribution in [0.3, 0.4) is 0 Å². The Labute approximate surface area is 106 Å². The molecular weight excluding hydrogens is 242 g/mol. The first kappa shape index (κ1) is 13.8. The predicted molar refractivity (Wildman–Crippen MR) is 68.0 cm³/mol. The van der Waals surface area contributed by atoms with E-state index in [0.717, 1.165) is 5.75 Å². The number of alkyl halides is 1. The van der Waals surface area contributed by atoms with E-state index in [2.05, 4.69) is 5.18 Å². The van der Waals surface area contributed by atoms with Crippen LogP contribution < -0.4 is 9.47 Å². The van der Waals surface area contributed by atoms with Gasteiger partial charge in [0.05, 0.1) is 12.0 Å². The van der Waals surface area contributed by atoms with Crippen LogP contribution in [0.25, 0.3) is 0 Å². The molecule has 5 heteroatoms. The zero-order valence-electron chi connectivity index (χ0n) is 10.1. The highest BCUT2D eigenvalue weighted by Gasteiger charge is 2.28. The Kier molecular flexibility index (Phi) is 4.75. The maximum Gasteiger partial charge on any atom is 0.144 e. The first-order valence-corrected chi connectivity index (χ1v) is 5.63. The van der Waals surface area contributed by atoms with Gasteiger partial charge in [0.2, 0.25) is 0 Å². The third-order valence-corrected chi connectivity index (χ3v) is 2.64. The Morgan fingerprint density at radius 2 is 1.82 bits per heavy atom. The molecule has 0 bridgehead atoms. The van der Waals surface area contributed by atoms with Crippen LogP contribution in [0, 0.1) is 4.91 Å². The van der Waals surface area contributed by atoms with Crippen LogP contribution in [0.1, 0.15) is 13.8 Å². The SMILES string of the molecule is COc1ccc(OCC(N=O)C(C)(C)Cl)cc1. The fourth-order valence-electron chi connectivity index (χ4n) is 1.20. The molecule has 1 aromatic carbocycles. The molecule has 0 saturated carbocycles. The van der Waals surface area contributed by atoms with Crippen LogP contribution in [-0.4, -0.2) is 24.6 Å². The zero-order valence-corrected chi connectivity index (χ0v) is 10.9. The van der Waals surface area contributed by atoms with Crippen LogP contribution in [-0.2, 0) is 0 Å². The van der Waals surface area contributed by atoms with Gasteiger partial charge in [0, 0.05) is 0 Å². The van der Waals surface area contributed by atoms with E-state index in [1.54, 1.807) is 45.2 Å². The van der Waals surface area contributed by atoms with Crippen molar-refractivity contribution < 1.29 is 9.47 Å². The maximum atomic E-state index is 10.6. The number of methoxy groups -OCH3 is 1. The van der Waals surface area contributed by atoms with Crippen LogP contribution in [0.2, 0.25) is 0 Å². The summed E-state index contributed by atoms with van der Waals surface area (Å²) in [6.07, 6.45) is 0. The summed E-state index contributed by atoms with van der Waals surface area (Å²) in [6.45, 7) is 3.63. The van der Waals surface area contributed by atoms with Crippen molar-refractivity contribution in [3.8, 4) is 11.5 Å². The van der Waals surface area contributed by atoms with Gasteiger partial charge in [-0.3, -0.25) is 0 Å². The van der Waals surface area contributed by atoms with Gasteiger partial charge in [0.1, 0.15) is 24.1 Å². The minimum absolute atomic E-state index is 0.159. The van der Waals surface area contributed by atoms with Crippen molar-refractivity contribution in [3.05, 3.63) is 29.2 Å². The maximum absolute atomic E-state index is 10.6. The van der Waals surface area contributed by atoms with Crippen molar-refractivity contribution in [1.29, 1.82) is 0 Å². The topological polar surface area (TPSA) is 47.9 Å². The number of rotatable bonds is 6. The van der Waals surface area contributed by atoms with E-state index >= 15 is 0 Å². The molecule has 0 radical (unpaired) electrons. The summed E-state index contributed by atoms with van der Waals surface area (Å²) in [7, 11) is 1.60. The number of halogens is 1. The van der Waals surface area contributed by atoms with Gasteiger partial charge in [-0.1, -0.05) is 5.18 Å². The Balaban J connectivity index is 2.57. The van der Waals surface area contributed by atoms with Crippen LogP contribution in [0.15, 0.2) is 29.4 Å². The third kappa shape index (κ3) is 4.23. The molecule has 0 fully saturated rings. The average molecular weight is 258 g/mol. The number of ether oxygens (including phenoxy) is 2. The average Bonchev–Trinajstić information content (AvgIpc) is 2.29. The van der Waals surface area contributed by atoms with E-state index in [1.165, 1.54) is 0 Å². The van der Waals surface area contributed by atoms with Crippen LogP contribution >= 0.6 is 11.6 Å². The lowest BCUT2D eigenvalue weighted by Gasteiger charge is -2.21. The predicted octanol–water partition coefficient (Wildman–Crippen LogP) is 3.23. The van der Waals surface area contributed by atoms with Gasteiger partial charge >= 0.3 is 0 Å². The minimum Gasteiger partial charge on any atom is -0.497 e. The fraction of sp³-hybridized carbons (Fsp3) is 0.500. The highest BCUT2D eigenvalue weighted by atomic mass is 35.5. The molecule has 0 aliphatic heterocycles. The van der Waals surface area contributed by atoms with Gasteiger partial charge in [-0.05, 0) is 38.1 Å². The molecule has 0 aliphatic rings. The van der Waals surface area contributed by atoms with Crippen LogP contribution in [0.5, 0.6) is 11.5 Å². The van der Waals surface area contributed by atoms with Crippen molar-refractivity contribution in [2.45, 2.75) is 24.8 Å². The Morgan fingerprint density at radius 3 is 2.24 bits per heavy atom. The molecule has 1 rings (SSSR count). The molecule has 4 nitrogen and oxygen atoms in total. The largest absolute Gasteiger partial charge is 0.497 e. The molecule has 0 amide bonds. The molecule has 1 unspecified atom stereocenters.